The Kier molecular flexibility index (Phi) is 4.02. The molecule has 0 heterocycles. The Labute approximate surface area is 114 Å². The summed E-state index contributed by atoms with van der Waals surface area (Å²) in [7, 11) is 0. The molecule has 2 N–H and O–H groups in total. The van der Waals surface area contributed by atoms with Gasteiger partial charge < -0.3 is 10.4 Å². The first kappa shape index (κ1) is 13.4. The number of anilines is 1. The minimum absolute atomic E-state index is 0.0144. The van der Waals surface area contributed by atoms with Crippen LogP contribution in [0.5, 0.6) is 0 Å². The maximum absolute atomic E-state index is 13.0. The third kappa shape index (κ3) is 3.23. The van der Waals surface area contributed by atoms with E-state index in [4.69, 9.17) is 16.7 Å². The molecule has 2 rings (SSSR count). The molecule has 0 radical (unpaired) electrons. The topological polar surface area (TPSA) is 49.3 Å². The molecule has 0 aromatic heterocycles. The van der Waals surface area contributed by atoms with Crippen molar-refractivity contribution >= 4 is 23.3 Å². The Balaban J connectivity index is 2.20. The second-order valence-corrected chi connectivity index (χ2v) is 4.36. The minimum Gasteiger partial charge on any atom is -0.478 e. The fourth-order valence-corrected chi connectivity index (χ4v) is 1.99. The zero-order chi connectivity index (χ0) is 13.8. The molecule has 0 atom stereocenters. The van der Waals surface area contributed by atoms with Gasteiger partial charge in [-0.3, -0.25) is 0 Å². The normalized spacial score (nSPS) is 10.2. The Bertz CT molecular complexity index is 616. The van der Waals surface area contributed by atoms with Crippen molar-refractivity contribution in [3.8, 4) is 0 Å². The van der Waals surface area contributed by atoms with Gasteiger partial charge in [-0.05, 0) is 29.8 Å². The SMILES string of the molecule is O=C(O)c1c(Cl)cccc1NCc1cccc(F)c1. The quantitative estimate of drug-likeness (QED) is 0.895. The summed E-state index contributed by atoms with van der Waals surface area (Å²) in [5.41, 5.74) is 1.14. The first-order valence-electron chi connectivity index (χ1n) is 5.58. The van der Waals surface area contributed by atoms with Crippen LogP contribution in [0.3, 0.4) is 0 Å². The largest absolute Gasteiger partial charge is 0.478 e. The number of hydrogen-bond acceptors (Lipinski definition) is 2. The van der Waals surface area contributed by atoms with Gasteiger partial charge in [0.15, 0.2) is 0 Å². The Morgan fingerprint density at radius 2 is 2.00 bits per heavy atom. The van der Waals surface area contributed by atoms with Crippen LogP contribution in [-0.2, 0) is 6.54 Å². The van der Waals surface area contributed by atoms with Gasteiger partial charge >= 0.3 is 5.97 Å². The van der Waals surface area contributed by atoms with Crippen molar-refractivity contribution in [2.24, 2.45) is 0 Å². The number of nitrogens with one attached hydrogen (secondary N) is 1. The van der Waals surface area contributed by atoms with E-state index < -0.39 is 5.97 Å². The predicted molar refractivity (Wildman–Crippen MR) is 72.1 cm³/mol. The van der Waals surface area contributed by atoms with Gasteiger partial charge in [-0.2, -0.15) is 0 Å². The highest BCUT2D eigenvalue weighted by molar-refractivity contribution is 6.34. The van der Waals surface area contributed by atoms with Gasteiger partial charge in [-0.1, -0.05) is 29.8 Å². The van der Waals surface area contributed by atoms with Crippen LogP contribution in [-0.4, -0.2) is 11.1 Å². The molecule has 0 aliphatic rings. The van der Waals surface area contributed by atoms with Crippen molar-refractivity contribution in [1.29, 1.82) is 0 Å². The summed E-state index contributed by atoms with van der Waals surface area (Å²) in [5, 5.41) is 12.2. The summed E-state index contributed by atoms with van der Waals surface area (Å²) >= 11 is 5.85. The number of rotatable bonds is 4. The van der Waals surface area contributed by atoms with Gasteiger partial charge in [-0.15, -0.1) is 0 Å². The molecule has 2 aromatic carbocycles. The first-order valence-corrected chi connectivity index (χ1v) is 5.96. The second kappa shape index (κ2) is 5.71. The van der Waals surface area contributed by atoms with Crippen LogP contribution in [0, 0.1) is 5.82 Å². The molecule has 5 heteroatoms. The van der Waals surface area contributed by atoms with E-state index >= 15 is 0 Å². The lowest BCUT2D eigenvalue weighted by Gasteiger charge is -2.10. The maximum atomic E-state index is 13.0. The Morgan fingerprint density at radius 3 is 2.68 bits per heavy atom. The van der Waals surface area contributed by atoms with E-state index in [0.717, 1.165) is 5.56 Å². The molecule has 98 valence electrons. The number of carboxylic acid groups (broad SMARTS) is 1. The third-order valence-corrected chi connectivity index (χ3v) is 2.91. The number of benzene rings is 2. The van der Waals surface area contributed by atoms with Gasteiger partial charge in [0.05, 0.1) is 10.7 Å². The molecule has 0 bridgehead atoms. The van der Waals surface area contributed by atoms with Crippen LogP contribution in [0.4, 0.5) is 10.1 Å². The molecule has 3 nitrogen and oxygen atoms in total. The molecular formula is C14H11ClFNO2. The molecule has 0 saturated heterocycles. The van der Waals surface area contributed by atoms with E-state index in [1.807, 2.05) is 0 Å². The standard InChI is InChI=1S/C14H11ClFNO2/c15-11-5-2-6-12(13(11)14(18)19)17-8-9-3-1-4-10(16)7-9/h1-7,17H,8H2,(H,18,19). The predicted octanol–water partition coefficient (Wildman–Crippen LogP) is 3.79. The summed E-state index contributed by atoms with van der Waals surface area (Å²) in [5.74, 6) is -1.43. The molecule has 0 saturated carbocycles. The van der Waals surface area contributed by atoms with E-state index in [1.165, 1.54) is 18.2 Å². The van der Waals surface area contributed by atoms with Crippen LogP contribution in [0.15, 0.2) is 42.5 Å². The molecule has 2 aromatic rings. The smallest absolute Gasteiger partial charge is 0.339 e. The number of aromatic carboxylic acids is 1. The summed E-state index contributed by atoms with van der Waals surface area (Å²) in [4.78, 5) is 11.1. The lowest BCUT2D eigenvalue weighted by molar-refractivity contribution is 0.0698. The molecule has 19 heavy (non-hydrogen) atoms. The van der Waals surface area contributed by atoms with E-state index in [0.29, 0.717) is 12.2 Å². The van der Waals surface area contributed by atoms with Crippen molar-refractivity contribution < 1.29 is 14.3 Å². The summed E-state index contributed by atoms with van der Waals surface area (Å²) in [6.07, 6.45) is 0. The van der Waals surface area contributed by atoms with Crippen molar-refractivity contribution in [2.75, 3.05) is 5.32 Å². The lowest BCUT2D eigenvalue weighted by atomic mass is 10.1. The highest BCUT2D eigenvalue weighted by Crippen LogP contribution is 2.24. The molecule has 0 aliphatic heterocycles. The minimum atomic E-state index is -1.10. The van der Waals surface area contributed by atoms with Gasteiger partial charge in [-0.25, -0.2) is 9.18 Å². The van der Waals surface area contributed by atoms with Crippen molar-refractivity contribution in [1.82, 2.24) is 0 Å². The molecule has 0 spiro atoms. The molecular weight excluding hydrogens is 269 g/mol. The highest BCUT2D eigenvalue weighted by Gasteiger charge is 2.13. The lowest BCUT2D eigenvalue weighted by Crippen LogP contribution is -2.07. The van der Waals surface area contributed by atoms with Gasteiger partial charge in [0.25, 0.3) is 0 Å². The molecule has 0 unspecified atom stereocenters. The monoisotopic (exact) mass is 279 g/mol. The molecule has 0 aliphatic carbocycles. The van der Waals surface area contributed by atoms with Crippen LogP contribution in [0.2, 0.25) is 5.02 Å². The number of carbonyl (C=O) groups is 1. The number of carboxylic acids is 1. The number of hydrogen-bond donors (Lipinski definition) is 2. The van der Waals surface area contributed by atoms with Crippen LogP contribution in [0.1, 0.15) is 15.9 Å². The van der Waals surface area contributed by atoms with Crippen molar-refractivity contribution in [2.45, 2.75) is 6.54 Å². The molecule has 0 amide bonds. The van der Waals surface area contributed by atoms with E-state index in [2.05, 4.69) is 5.32 Å². The van der Waals surface area contributed by atoms with Gasteiger partial charge in [0.1, 0.15) is 11.4 Å². The summed E-state index contributed by atoms with van der Waals surface area (Å²) in [6.45, 7) is 0.318. The molecule has 0 fully saturated rings. The summed E-state index contributed by atoms with van der Waals surface area (Å²) in [6, 6.07) is 10.9. The average Bonchev–Trinajstić information content (AvgIpc) is 2.36. The Hall–Kier alpha value is -2.07. The fourth-order valence-electron chi connectivity index (χ4n) is 1.73. The summed E-state index contributed by atoms with van der Waals surface area (Å²) < 4.78 is 13.0. The van der Waals surface area contributed by atoms with Crippen molar-refractivity contribution in [3.05, 3.63) is 64.4 Å². The van der Waals surface area contributed by atoms with Crippen LogP contribution in [0.25, 0.3) is 0 Å². The number of halogens is 2. The van der Waals surface area contributed by atoms with Crippen molar-refractivity contribution in [3.63, 3.8) is 0 Å². The van der Waals surface area contributed by atoms with Crippen LogP contribution < -0.4 is 5.32 Å². The van der Waals surface area contributed by atoms with Gasteiger partial charge in [0.2, 0.25) is 0 Å². The van der Waals surface area contributed by atoms with Gasteiger partial charge in [0, 0.05) is 6.54 Å². The maximum Gasteiger partial charge on any atom is 0.339 e. The van der Waals surface area contributed by atoms with E-state index in [1.54, 1.807) is 24.3 Å². The average molecular weight is 280 g/mol. The zero-order valence-corrected chi connectivity index (χ0v) is 10.6. The van der Waals surface area contributed by atoms with Crippen LogP contribution >= 0.6 is 11.6 Å². The third-order valence-electron chi connectivity index (χ3n) is 2.60. The first-order chi connectivity index (χ1) is 9.08. The van der Waals surface area contributed by atoms with E-state index in [9.17, 15) is 9.18 Å². The highest BCUT2D eigenvalue weighted by atomic mass is 35.5. The zero-order valence-electron chi connectivity index (χ0n) is 9.86. The fraction of sp³-hybridized carbons (Fsp3) is 0.0714. The second-order valence-electron chi connectivity index (χ2n) is 3.95. The Morgan fingerprint density at radius 1 is 1.26 bits per heavy atom. The van der Waals surface area contributed by atoms with E-state index in [-0.39, 0.29) is 16.4 Å².